The largest absolute Gasteiger partial charge is 0.485 e. The van der Waals surface area contributed by atoms with Crippen LogP contribution in [0.15, 0.2) is 66.9 Å². The average molecular weight is 402 g/mol. The number of pyridine rings is 1. The molecular formula is C25H26N2O3. The first kappa shape index (κ1) is 20.0. The quantitative estimate of drug-likeness (QED) is 0.555. The van der Waals surface area contributed by atoms with Crippen LogP contribution in [-0.4, -0.2) is 10.9 Å². The van der Waals surface area contributed by atoms with E-state index < -0.39 is 0 Å². The summed E-state index contributed by atoms with van der Waals surface area (Å²) in [6, 6.07) is 19.7. The standard InChI is InChI=1S/C25H26N2O3/c1-17(2)14-24(28)27-20-9-13-25(26-16-20)29-21-10-12-23-19(15-21)8-11-22(30-23)18-6-4-3-5-7-18/h3-7,9-10,12-13,15-17,22H,8,11,14H2,1-2H3,(H,27,28)/t22-/m0/s1. The first-order valence-electron chi connectivity index (χ1n) is 10.3. The summed E-state index contributed by atoms with van der Waals surface area (Å²) in [5.74, 6) is 2.41. The molecule has 0 fully saturated rings. The Kier molecular flexibility index (Phi) is 5.98. The average Bonchev–Trinajstić information content (AvgIpc) is 2.75. The summed E-state index contributed by atoms with van der Waals surface area (Å²) >= 11 is 0. The number of ether oxygens (including phenoxy) is 2. The molecule has 1 atom stereocenters. The highest BCUT2D eigenvalue weighted by Crippen LogP contribution is 2.37. The van der Waals surface area contributed by atoms with Crippen LogP contribution in [0.5, 0.6) is 17.4 Å². The molecule has 1 N–H and O–H groups in total. The van der Waals surface area contributed by atoms with Gasteiger partial charge in [-0.2, -0.15) is 0 Å². The molecule has 0 aliphatic carbocycles. The molecular weight excluding hydrogens is 376 g/mol. The molecule has 4 rings (SSSR count). The molecule has 30 heavy (non-hydrogen) atoms. The second-order valence-electron chi connectivity index (χ2n) is 7.96. The Morgan fingerprint density at radius 3 is 2.73 bits per heavy atom. The Bertz CT molecular complexity index is 1000. The first-order valence-corrected chi connectivity index (χ1v) is 10.3. The smallest absolute Gasteiger partial charge is 0.224 e. The molecule has 1 aliphatic heterocycles. The van der Waals surface area contributed by atoms with Gasteiger partial charge in [0.05, 0.1) is 11.9 Å². The van der Waals surface area contributed by atoms with Gasteiger partial charge in [0.2, 0.25) is 11.8 Å². The van der Waals surface area contributed by atoms with Crippen LogP contribution in [0.25, 0.3) is 0 Å². The van der Waals surface area contributed by atoms with Crippen molar-refractivity contribution in [3.63, 3.8) is 0 Å². The maximum atomic E-state index is 11.9. The molecule has 2 heterocycles. The summed E-state index contributed by atoms with van der Waals surface area (Å²) in [6.07, 6.45) is 4.05. The number of hydrogen-bond donors (Lipinski definition) is 1. The van der Waals surface area contributed by atoms with Crippen molar-refractivity contribution < 1.29 is 14.3 Å². The van der Waals surface area contributed by atoms with Gasteiger partial charge in [-0.15, -0.1) is 0 Å². The van der Waals surface area contributed by atoms with Gasteiger partial charge >= 0.3 is 0 Å². The summed E-state index contributed by atoms with van der Waals surface area (Å²) in [6.45, 7) is 4.03. The molecule has 0 radical (unpaired) electrons. The van der Waals surface area contributed by atoms with Gasteiger partial charge < -0.3 is 14.8 Å². The van der Waals surface area contributed by atoms with Crippen molar-refractivity contribution >= 4 is 11.6 Å². The van der Waals surface area contributed by atoms with Crippen LogP contribution < -0.4 is 14.8 Å². The fourth-order valence-electron chi connectivity index (χ4n) is 3.55. The van der Waals surface area contributed by atoms with Crippen molar-refractivity contribution in [1.82, 2.24) is 4.98 Å². The molecule has 1 aromatic heterocycles. The number of aromatic nitrogens is 1. The molecule has 0 saturated carbocycles. The number of nitrogens with zero attached hydrogens (tertiary/aromatic N) is 1. The molecule has 5 nitrogen and oxygen atoms in total. The normalized spacial score (nSPS) is 15.2. The maximum Gasteiger partial charge on any atom is 0.224 e. The van der Waals surface area contributed by atoms with E-state index >= 15 is 0 Å². The van der Waals surface area contributed by atoms with Crippen molar-refractivity contribution in [3.8, 4) is 17.4 Å². The minimum absolute atomic E-state index is 0.0102. The topological polar surface area (TPSA) is 60.5 Å². The fraction of sp³-hybridized carbons (Fsp3) is 0.280. The van der Waals surface area contributed by atoms with E-state index in [9.17, 15) is 4.79 Å². The molecule has 1 amide bonds. The Balaban J connectivity index is 1.39. The molecule has 1 aliphatic rings. The number of amides is 1. The number of benzene rings is 2. The second kappa shape index (κ2) is 8.99. The highest BCUT2D eigenvalue weighted by atomic mass is 16.5. The van der Waals surface area contributed by atoms with Crippen molar-refractivity contribution in [3.05, 3.63) is 78.0 Å². The van der Waals surface area contributed by atoms with Gasteiger partial charge in [-0.05, 0) is 54.2 Å². The molecule has 154 valence electrons. The minimum atomic E-state index is -0.0102. The van der Waals surface area contributed by atoms with Gasteiger partial charge in [0, 0.05) is 12.5 Å². The van der Waals surface area contributed by atoms with Gasteiger partial charge in [0.15, 0.2) is 0 Å². The zero-order valence-electron chi connectivity index (χ0n) is 17.3. The lowest BCUT2D eigenvalue weighted by atomic mass is 9.97. The van der Waals surface area contributed by atoms with Crippen LogP contribution in [0, 0.1) is 5.92 Å². The van der Waals surface area contributed by atoms with Gasteiger partial charge in [0.25, 0.3) is 0 Å². The van der Waals surface area contributed by atoms with E-state index in [2.05, 4.69) is 22.4 Å². The van der Waals surface area contributed by atoms with Crippen LogP contribution in [0.2, 0.25) is 0 Å². The van der Waals surface area contributed by atoms with Crippen LogP contribution in [0.1, 0.15) is 43.9 Å². The first-order chi connectivity index (χ1) is 14.6. The Labute approximate surface area is 177 Å². The van der Waals surface area contributed by atoms with E-state index in [4.69, 9.17) is 9.47 Å². The Morgan fingerprint density at radius 1 is 1.17 bits per heavy atom. The predicted octanol–water partition coefficient (Wildman–Crippen LogP) is 5.92. The number of carbonyl (C=O) groups excluding carboxylic acids is 1. The Morgan fingerprint density at radius 2 is 2.00 bits per heavy atom. The van der Waals surface area contributed by atoms with Crippen LogP contribution in [0.3, 0.4) is 0 Å². The Hall–Kier alpha value is -3.34. The zero-order chi connectivity index (χ0) is 20.9. The van der Waals surface area contributed by atoms with Crippen molar-refractivity contribution in [2.75, 3.05) is 5.32 Å². The van der Waals surface area contributed by atoms with E-state index in [0.717, 1.165) is 29.9 Å². The number of aryl methyl sites for hydroxylation is 1. The van der Waals surface area contributed by atoms with Gasteiger partial charge in [-0.25, -0.2) is 4.98 Å². The lowest BCUT2D eigenvalue weighted by Crippen LogP contribution is -2.15. The fourth-order valence-corrected chi connectivity index (χ4v) is 3.55. The highest BCUT2D eigenvalue weighted by molar-refractivity contribution is 5.90. The lowest BCUT2D eigenvalue weighted by Gasteiger charge is -2.26. The van der Waals surface area contributed by atoms with Gasteiger partial charge in [-0.1, -0.05) is 44.2 Å². The monoisotopic (exact) mass is 402 g/mol. The number of nitrogens with one attached hydrogen (secondary N) is 1. The van der Waals surface area contributed by atoms with Crippen LogP contribution in [-0.2, 0) is 11.2 Å². The number of fused-ring (bicyclic) bond motifs is 1. The molecule has 0 spiro atoms. The van der Waals surface area contributed by atoms with E-state index in [0.29, 0.717) is 23.9 Å². The third-order valence-electron chi connectivity index (χ3n) is 4.98. The molecule has 3 aromatic rings. The van der Waals surface area contributed by atoms with Gasteiger partial charge in [-0.3, -0.25) is 4.79 Å². The summed E-state index contributed by atoms with van der Waals surface area (Å²) in [4.78, 5) is 16.2. The number of carbonyl (C=O) groups is 1. The van der Waals surface area contributed by atoms with E-state index in [1.54, 1.807) is 18.3 Å². The summed E-state index contributed by atoms with van der Waals surface area (Å²) < 4.78 is 12.1. The lowest BCUT2D eigenvalue weighted by molar-refractivity contribution is -0.116. The third-order valence-corrected chi connectivity index (χ3v) is 4.98. The molecule has 0 unspecified atom stereocenters. The number of anilines is 1. The van der Waals surface area contributed by atoms with Crippen molar-refractivity contribution in [2.24, 2.45) is 5.92 Å². The van der Waals surface area contributed by atoms with E-state index in [1.807, 2.05) is 50.2 Å². The highest BCUT2D eigenvalue weighted by Gasteiger charge is 2.21. The SMILES string of the molecule is CC(C)CC(=O)Nc1ccc(Oc2ccc3c(c2)CC[C@@H](c2ccccc2)O3)nc1. The number of hydrogen-bond acceptors (Lipinski definition) is 4. The third kappa shape index (κ3) is 4.98. The molecule has 2 aromatic carbocycles. The second-order valence-corrected chi connectivity index (χ2v) is 7.96. The minimum Gasteiger partial charge on any atom is -0.485 e. The summed E-state index contributed by atoms with van der Waals surface area (Å²) in [5, 5.41) is 2.85. The summed E-state index contributed by atoms with van der Waals surface area (Å²) in [5.41, 5.74) is 3.00. The number of rotatable bonds is 6. The van der Waals surface area contributed by atoms with Gasteiger partial charge in [0.1, 0.15) is 17.6 Å². The van der Waals surface area contributed by atoms with Crippen molar-refractivity contribution in [1.29, 1.82) is 0 Å². The van der Waals surface area contributed by atoms with Crippen molar-refractivity contribution in [2.45, 2.75) is 39.2 Å². The molecule has 0 saturated heterocycles. The van der Waals surface area contributed by atoms with Crippen LogP contribution in [0.4, 0.5) is 5.69 Å². The van der Waals surface area contributed by atoms with E-state index in [-0.39, 0.29) is 12.0 Å². The zero-order valence-corrected chi connectivity index (χ0v) is 17.3. The van der Waals surface area contributed by atoms with Crippen LogP contribution >= 0.6 is 0 Å². The molecule has 0 bridgehead atoms. The van der Waals surface area contributed by atoms with E-state index in [1.165, 1.54) is 5.56 Å². The maximum absolute atomic E-state index is 11.9. The summed E-state index contributed by atoms with van der Waals surface area (Å²) in [7, 11) is 0. The predicted molar refractivity (Wildman–Crippen MR) is 117 cm³/mol. The molecule has 5 heteroatoms.